The molecule has 2 aliphatic heterocycles. The van der Waals surface area contributed by atoms with Crippen LogP contribution in [-0.2, 0) is 9.53 Å². The summed E-state index contributed by atoms with van der Waals surface area (Å²) in [6.07, 6.45) is 0.169. The number of urea groups is 1. The number of nitrogens with zero attached hydrogens (tertiary/aromatic N) is 3. The number of carboxylic acids is 1. The number of rotatable bonds is 2. The van der Waals surface area contributed by atoms with Crippen molar-refractivity contribution in [3.63, 3.8) is 0 Å². The fraction of sp³-hybridized carbons (Fsp3) is 0.846. The fourth-order valence-corrected chi connectivity index (χ4v) is 3.00. The van der Waals surface area contributed by atoms with Crippen LogP contribution < -0.4 is 0 Å². The van der Waals surface area contributed by atoms with Gasteiger partial charge in [0.2, 0.25) is 0 Å². The molecule has 2 fully saturated rings. The van der Waals surface area contributed by atoms with Gasteiger partial charge in [0.1, 0.15) is 6.04 Å². The quantitative estimate of drug-likeness (QED) is 0.768. The van der Waals surface area contributed by atoms with Crippen LogP contribution in [0.2, 0.25) is 0 Å². The Hall–Kier alpha value is -1.34. The van der Waals surface area contributed by atoms with E-state index in [1.54, 1.807) is 12.0 Å². The highest BCUT2D eigenvalue weighted by Gasteiger charge is 2.42. The Morgan fingerprint density at radius 1 is 1.20 bits per heavy atom. The lowest BCUT2D eigenvalue weighted by molar-refractivity contribution is -0.141. The molecule has 7 nitrogen and oxygen atoms in total. The van der Waals surface area contributed by atoms with Crippen LogP contribution in [0.4, 0.5) is 4.79 Å². The van der Waals surface area contributed by atoms with Crippen molar-refractivity contribution in [2.75, 3.05) is 40.3 Å². The van der Waals surface area contributed by atoms with Gasteiger partial charge in [-0.05, 0) is 14.0 Å². The Balaban J connectivity index is 2.08. The van der Waals surface area contributed by atoms with Gasteiger partial charge in [-0.25, -0.2) is 9.59 Å². The third kappa shape index (κ3) is 2.88. The molecule has 0 aromatic rings. The van der Waals surface area contributed by atoms with Gasteiger partial charge in [-0.2, -0.15) is 0 Å². The minimum absolute atomic E-state index is 0.0947. The molecule has 2 saturated heterocycles. The molecule has 2 rings (SSSR count). The highest BCUT2D eigenvalue weighted by Crippen LogP contribution is 2.23. The summed E-state index contributed by atoms with van der Waals surface area (Å²) in [5.41, 5.74) is 0. The molecular weight excluding hydrogens is 262 g/mol. The molecule has 20 heavy (non-hydrogen) atoms. The number of aliphatic carboxylic acids is 1. The summed E-state index contributed by atoms with van der Waals surface area (Å²) < 4.78 is 5.22. The molecule has 7 heteroatoms. The van der Waals surface area contributed by atoms with Gasteiger partial charge in [-0.1, -0.05) is 0 Å². The van der Waals surface area contributed by atoms with Crippen molar-refractivity contribution in [2.45, 2.75) is 31.5 Å². The zero-order valence-corrected chi connectivity index (χ0v) is 12.3. The van der Waals surface area contributed by atoms with Crippen molar-refractivity contribution in [1.82, 2.24) is 14.7 Å². The third-order valence-electron chi connectivity index (χ3n) is 4.20. The highest BCUT2D eigenvalue weighted by atomic mass is 16.5. The van der Waals surface area contributed by atoms with Gasteiger partial charge in [-0.3, -0.25) is 0 Å². The van der Waals surface area contributed by atoms with E-state index < -0.39 is 12.0 Å². The van der Waals surface area contributed by atoms with Gasteiger partial charge in [0, 0.05) is 45.8 Å². The summed E-state index contributed by atoms with van der Waals surface area (Å²) in [5.74, 6) is -0.959. The van der Waals surface area contributed by atoms with Crippen LogP contribution in [0.5, 0.6) is 0 Å². The first-order valence-electron chi connectivity index (χ1n) is 6.95. The monoisotopic (exact) mass is 285 g/mol. The first-order valence-corrected chi connectivity index (χ1v) is 6.95. The number of ether oxygens (including phenoxy) is 1. The van der Waals surface area contributed by atoms with Gasteiger partial charge in [-0.15, -0.1) is 0 Å². The predicted molar refractivity (Wildman–Crippen MR) is 72.6 cm³/mol. The highest BCUT2D eigenvalue weighted by molar-refractivity contribution is 5.83. The van der Waals surface area contributed by atoms with Crippen LogP contribution >= 0.6 is 0 Å². The maximum absolute atomic E-state index is 12.6. The number of piperazine rings is 1. The van der Waals surface area contributed by atoms with Gasteiger partial charge in [0.15, 0.2) is 0 Å². The van der Waals surface area contributed by atoms with E-state index in [1.807, 2.05) is 14.0 Å². The van der Waals surface area contributed by atoms with Crippen LogP contribution in [0, 0.1) is 0 Å². The first kappa shape index (κ1) is 15.1. The van der Waals surface area contributed by atoms with E-state index in [-0.39, 0.29) is 18.2 Å². The van der Waals surface area contributed by atoms with Gasteiger partial charge >= 0.3 is 12.0 Å². The van der Waals surface area contributed by atoms with Crippen molar-refractivity contribution in [3.8, 4) is 0 Å². The Kier molecular flexibility index (Phi) is 4.49. The van der Waals surface area contributed by atoms with E-state index in [0.717, 1.165) is 13.1 Å². The Morgan fingerprint density at radius 3 is 2.45 bits per heavy atom. The second kappa shape index (κ2) is 5.97. The molecule has 0 saturated carbocycles. The molecule has 3 unspecified atom stereocenters. The number of likely N-dealkylation sites (N-methyl/N-ethyl adjacent to an activating group) is 1. The number of methoxy groups -OCH3 is 1. The summed E-state index contributed by atoms with van der Waals surface area (Å²) in [6.45, 7) is 4.61. The minimum Gasteiger partial charge on any atom is -0.480 e. The maximum Gasteiger partial charge on any atom is 0.326 e. The number of hydrogen-bond acceptors (Lipinski definition) is 4. The third-order valence-corrected chi connectivity index (χ3v) is 4.20. The summed E-state index contributed by atoms with van der Waals surface area (Å²) >= 11 is 0. The number of amides is 2. The van der Waals surface area contributed by atoms with Crippen molar-refractivity contribution in [2.24, 2.45) is 0 Å². The van der Waals surface area contributed by atoms with Crippen molar-refractivity contribution < 1.29 is 19.4 Å². The molecule has 1 N–H and O–H groups in total. The van der Waals surface area contributed by atoms with Crippen molar-refractivity contribution >= 4 is 12.0 Å². The Labute approximate surface area is 119 Å². The van der Waals surface area contributed by atoms with Crippen LogP contribution in [-0.4, -0.2) is 90.3 Å². The minimum atomic E-state index is -0.959. The molecule has 0 aliphatic carbocycles. The van der Waals surface area contributed by atoms with Gasteiger partial charge in [0.05, 0.1) is 6.10 Å². The topological polar surface area (TPSA) is 73.3 Å². The number of carbonyl (C=O) groups is 2. The molecular formula is C13H23N3O4. The van der Waals surface area contributed by atoms with Crippen LogP contribution in [0.15, 0.2) is 0 Å². The zero-order chi connectivity index (χ0) is 14.9. The largest absolute Gasteiger partial charge is 0.480 e. The second-order valence-corrected chi connectivity index (χ2v) is 5.69. The van der Waals surface area contributed by atoms with Crippen molar-refractivity contribution in [1.29, 1.82) is 0 Å². The number of likely N-dealkylation sites (tertiary alicyclic amines) is 1. The lowest BCUT2D eigenvalue weighted by atomic mass is 10.2. The average molecular weight is 285 g/mol. The van der Waals surface area contributed by atoms with E-state index in [9.17, 15) is 14.7 Å². The molecule has 2 amide bonds. The predicted octanol–water partition coefficient (Wildman–Crippen LogP) is -0.0838. The van der Waals surface area contributed by atoms with E-state index in [2.05, 4.69) is 4.90 Å². The molecule has 3 atom stereocenters. The molecule has 0 bridgehead atoms. The number of carboxylic acid groups (broad SMARTS) is 1. The number of carbonyl (C=O) groups excluding carboxylic acids is 1. The van der Waals surface area contributed by atoms with Crippen LogP contribution in [0.3, 0.4) is 0 Å². The van der Waals surface area contributed by atoms with Gasteiger partial charge < -0.3 is 24.5 Å². The average Bonchev–Trinajstić information content (AvgIpc) is 2.82. The van der Waals surface area contributed by atoms with E-state index >= 15 is 0 Å². The zero-order valence-electron chi connectivity index (χ0n) is 12.3. The van der Waals surface area contributed by atoms with E-state index in [1.165, 1.54) is 4.90 Å². The summed E-state index contributed by atoms with van der Waals surface area (Å²) in [7, 11) is 3.57. The summed E-state index contributed by atoms with van der Waals surface area (Å²) in [4.78, 5) is 29.3. The van der Waals surface area contributed by atoms with Gasteiger partial charge in [0.25, 0.3) is 0 Å². The SMILES string of the molecule is COC1CC(C(=O)O)N(C(=O)N2CCN(C)CC2C)C1. The molecule has 2 aliphatic rings. The molecule has 0 spiro atoms. The number of hydrogen-bond donors (Lipinski definition) is 1. The summed E-state index contributed by atoms with van der Waals surface area (Å²) in [5, 5.41) is 9.28. The Morgan fingerprint density at radius 2 is 1.90 bits per heavy atom. The van der Waals surface area contributed by atoms with Crippen LogP contribution in [0.1, 0.15) is 13.3 Å². The Bertz CT molecular complexity index is 390. The molecule has 114 valence electrons. The lowest BCUT2D eigenvalue weighted by Gasteiger charge is -2.40. The standard InChI is InChI=1S/C13H23N3O4/c1-9-7-14(2)4-5-15(9)13(19)16-8-10(20-3)6-11(16)12(17)18/h9-11H,4-8H2,1-3H3,(H,17,18). The second-order valence-electron chi connectivity index (χ2n) is 5.69. The van der Waals surface area contributed by atoms with Crippen molar-refractivity contribution in [3.05, 3.63) is 0 Å². The lowest BCUT2D eigenvalue weighted by Crippen LogP contribution is -2.57. The van der Waals surface area contributed by atoms with E-state index in [0.29, 0.717) is 19.5 Å². The fourth-order valence-electron chi connectivity index (χ4n) is 3.00. The van der Waals surface area contributed by atoms with E-state index in [4.69, 9.17) is 4.74 Å². The van der Waals surface area contributed by atoms with Crippen LogP contribution in [0.25, 0.3) is 0 Å². The maximum atomic E-state index is 12.6. The molecule has 2 heterocycles. The first-order chi connectivity index (χ1) is 9.43. The smallest absolute Gasteiger partial charge is 0.326 e. The summed E-state index contributed by atoms with van der Waals surface area (Å²) in [6, 6.07) is -0.867. The molecule has 0 aromatic heterocycles. The molecule has 0 aromatic carbocycles. The molecule has 0 radical (unpaired) electrons. The normalized spacial score (nSPS) is 31.6.